The summed E-state index contributed by atoms with van der Waals surface area (Å²) in [5, 5.41) is 19.7. The molecule has 0 aliphatic heterocycles. The van der Waals surface area contributed by atoms with Crippen molar-refractivity contribution in [2.45, 2.75) is 38.1 Å². The lowest BCUT2D eigenvalue weighted by molar-refractivity contribution is -0.142. The lowest BCUT2D eigenvalue weighted by Gasteiger charge is -2.15. The van der Waals surface area contributed by atoms with Crippen molar-refractivity contribution in [3.05, 3.63) is 11.6 Å². The minimum Gasteiger partial charge on any atom is -0.480 e. The highest BCUT2D eigenvalue weighted by Crippen LogP contribution is 2.19. The molecule has 0 saturated carbocycles. The number of rotatable bonds is 5. The van der Waals surface area contributed by atoms with Crippen molar-refractivity contribution in [3.8, 4) is 0 Å². The average Bonchev–Trinajstić information content (AvgIpc) is 2.27. The summed E-state index contributed by atoms with van der Waals surface area (Å²) in [7, 11) is 0. The highest BCUT2D eigenvalue weighted by atomic mass is 16.4. The molecule has 1 rings (SSSR count). The van der Waals surface area contributed by atoms with Gasteiger partial charge >= 0.3 is 5.97 Å². The van der Waals surface area contributed by atoms with Gasteiger partial charge in [-0.15, -0.1) is 0 Å². The predicted octanol–water partition coefficient (Wildman–Crippen LogP) is 0.439. The van der Waals surface area contributed by atoms with E-state index >= 15 is 0 Å². The fourth-order valence-electron chi connectivity index (χ4n) is 1.70. The van der Waals surface area contributed by atoms with Gasteiger partial charge in [0.25, 0.3) is 0 Å². The smallest absolute Gasteiger partial charge is 0.328 e. The molecular weight excluding hydrogens is 210 g/mol. The van der Waals surface area contributed by atoms with Crippen molar-refractivity contribution >= 4 is 11.9 Å². The number of hydrogen-bond donors (Lipinski definition) is 3. The van der Waals surface area contributed by atoms with Crippen LogP contribution in [0, 0.1) is 0 Å². The molecule has 1 atom stereocenters. The number of aliphatic carboxylic acids is 1. The van der Waals surface area contributed by atoms with E-state index in [2.05, 4.69) is 5.32 Å². The second kappa shape index (κ2) is 6.27. The minimum atomic E-state index is -1.21. The third-order valence-corrected chi connectivity index (χ3v) is 2.59. The van der Waals surface area contributed by atoms with E-state index in [0.29, 0.717) is 0 Å². The van der Waals surface area contributed by atoms with Gasteiger partial charge in [-0.2, -0.15) is 0 Å². The predicted molar refractivity (Wildman–Crippen MR) is 57.8 cm³/mol. The number of carbonyl (C=O) groups is 2. The molecule has 0 unspecified atom stereocenters. The molecule has 0 bridgehead atoms. The maximum absolute atomic E-state index is 11.5. The van der Waals surface area contributed by atoms with Crippen molar-refractivity contribution in [1.82, 2.24) is 5.32 Å². The largest absolute Gasteiger partial charge is 0.480 e. The zero-order valence-corrected chi connectivity index (χ0v) is 9.11. The number of carboxylic acid groups (broad SMARTS) is 1. The molecule has 1 aliphatic carbocycles. The Labute approximate surface area is 94.2 Å². The van der Waals surface area contributed by atoms with Crippen molar-refractivity contribution in [2.24, 2.45) is 0 Å². The maximum atomic E-state index is 11.5. The molecule has 0 aromatic carbocycles. The normalized spacial score (nSPS) is 17.4. The summed E-state index contributed by atoms with van der Waals surface area (Å²) in [6, 6.07) is -1.20. The van der Waals surface area contributed by atoms with Crippen LogP contribution in [-0.2, 0) is 9.59 Å². The van der Waals surface area contributed by atoms with E-state index in [0.717, 1.165) is 31.3 Å². The lowest BCUT2D eigenvalue weighted by Crippen LogP contribution is -2.43. The Bertz CT molecular complexity index is 298. The van der Waals surface area contributed by atoms with Crippen molar-refractivity contribution in [1.29, 1.82) is 0 Å². The first-order valence-electron chi connectivity index (χ1n) is 5.44. The van der Waals surface area contributed by atoms with Crippen LogP contribution in [0.25, 0.3) is 0 Å². The molecule has 0 aromatic rings. The molecule has 0 aromatic heterocycles. The Morgan fingerprint density at radius 1 is 1.44 bits per heavy atom. The van der Waals surface area contributed by atoms with E-state index in [9.17, 15) is 9.59 Å². The van der Waals surface area contributed by atoms with Crippen LogP contribution in [0.1, 0.15) is 32.1 Å². The SMILES string of the molecule is O=C(CC1=CCCCC1)N[C@H](CO)C(=O)O. The number of allylic oxidation sites excluding steroid dienone is 1. The number of carboxylic acids is 1. The molecule has 1 amide bonds. The summed E-state index contributed by atoms with van der Waals surface area (Å²) < 4.78 is 0. The van der Waals surface area contributed by atoms with Crippen LogP contribution >= 0.6 is 0 Å². The summed E-state index contributed by atoms with van der Waals surface area (Å²) >= 11 is 0. The van der Waals surface area contributed by atoms with Crippen molar-refractivity contribution < 1.29 is 19.8 Å². The Morgan fingerprint density at radius 2 is 2.19 bits per heavy atom. The summed E-state index contributed by atoms with van der Waals surface area (Å²) in [6.45, 7) is -0.583. The molecular formula is C11H17NO4. The molecule has 0 saturated heterocycles. The number of amides is 1. The van der Waals surface area contributed by atoms with Gasteiger partial charge in [0.15, 0.2) is 0 Å². The number of carbonyl (C=O) groups excluding carboxylic acids is 1. The van der Waals surface area contributed by atoms with Gasteiger partial charge in [-0.05, 0) is 25.7 Å². The molecule has 0 fully saturated rings. The monoisotopic (exact) mass is 227 g/mol. The molecule has 0 spiro atoms. The quantitative estimate of drug-likeness (QED) is 0.595. The molecule has 3 N–H and O–H groups in total. The molecule has 0 radical (unpaired) electrons. The number of nitrogens with one attached hydrogen (secondary N) is 1. The van der Waals surface area contributed by atoms with Crippen molar-refractivity contribution in [2.75, 3.05) is 6.61 Å². The van der Waals surface area contributed by atoms with Crippen molar-refractivity contribution in [3.63, 3.8) is 0 Å². The van der Waals surface area contributed by atoms with E-state index in [1.165, 1.54) is 0 Å². The summed E-state index contributed by atoms with van der Waals surface area (Å²) in [6.07, 6.45) is 6.41. The van der Waals surface area contributed by atoms with E-state index < -0.39 is 18.6 Å². The molecule has 16 heavy (non-hydrogen) atoms. The van der Waals surface area contributed by atoms with Gasteiger partial charge in [0.1, 0.15) is 6.04 Å². The summed E-state index contributed by atoms with van der Waals surface area (Å²) in [4.78, 5) is 22.0. The first-order chi connectivity index (χ1) is 7.63. The third-order valence-electron chi connectivity index (χ3n) is 2.59. The fraction of sp³-hybridized carbons (Fsp3) is 0.636. The molecule has 0 heterocycles. The number of aliphatic hydroxyl groups excluding tert-OH is 1. The summed E-state index contributed by atoms with van der Waals surface area (Å²) in [5.74, 6) is -1.55. The second-order valence-electron chi connectivity index (χ2n) is 3.93. The number of hydrogen-bond acceptors (Lipinski definition) is 3. The van der Waals surface area contributed by atoms with Crippen LogP contribution in [0.15, 0.2) is 11.6 Å². The molecule has 5 nitrogen and oxygen atoms in total. The highest BCUT2D eigenvalue weighted by molar-refractivity contribution is 5.84. The van der Waals surface area contributed by atoms with Gasteiger partial charge in [0, 0.05) is 6.42 Å². The van der Waals surface area contributed by atoms with Gasteiger partial charge in [-0.25, -0.2) is 4.79 Å². The van der Waals surface area contributed by atoms with Gasteiger partial charge < -0.3 is 15.5 Å². The van der Waals surface area contributed by atoms with E-state index in [4.69, 9.17) is 10.2 Å². The van der Waals surface area contributed by atoms with E-state index in [1.54, 1.807) is 0 Å². The zero-order chi connectivity index (χ0) is 12.0. The van der Waals surface area contributed by atoms with Crippen LogP contribution < -0.4 is 5.32 Å². The minimum absolute atomic E-state index is 0.240. The summed E-state index contributed by atoms with van der Waals surface area (Å²) in [5.41, 5.74) is 1.06. The van der Waals surface area contributed by atoms with E-state index in [-0.39, 0.29) is 12.3 Å². The molecule has 1 aliphatic rings. The highest BCUT2D eigenvalue weighted by Gasteiger charge is 2.19. The first kappa shape index (κ1) is 12.7. The van der Waals surface area contributed by atoms with Crippen LogP contribution in [-0.4, -0.2) is 34.7 Å². The van der Waals surface area contributed by atoms with Gasteiger partial charge in [-0.1, -0.05) is 11.6 Å². The van der Waals surface area contributed by atoms with Gasteiger partial charge in [-0.3, -0.25) is 4.79 Å². The van der Waals surface area contributed by atoms with Crippen LogP contribution in [0.5, 0.6) is 0 Å². The second-order valence-corrected chi connectivity index (χ2v) is 3.93. The Morgan fingerprint density at radius 3 is 2.69 bits per heavy atom. The van der Waals surface area contributed by atoms with Crippen LogP contribution in [0.4, 0.5) is 0 Å². The lowest BCUT2D eigenvalue weighted by atomic mass is 9.97. The van der Waals surface area contributed by atoms with Crippen LogP contribution in [0.2, 0.25) is 0 Å². The fourth-order valence-corrected chi connectivity index (χ4v) is 1.70. The number of aliphatic hydroxyl groups is 1. The molecule has 90 valence electrons. The van der Waals surface area contributed by atoms with E-state index in [1.807, 2.05) is 6.08 Å². The Kier molecular flexibility index (Phi) is 4.98. The standard InChI is InChI=1S/C11H17NO4/c13-7-9(11(15)16)12-10(14)6-8-4-2-1-3-5-8/h4,9,13H,1-3,5-7H2,(H,12,14)(H,15,16)/t9-/m1/s1. The zero-order valence-electron chi connectivity index (χ0n) is 9.11. The maximum Gasteiger partial charge on any atom is 0.328 e. The van der Waals surface area contributed by atoms with Gasteiger partial charge in [0.05, 0.1) is 6.61 Å². The topological polar surface area (TPSA) is 86.6 Å². The van der Waals surface area contributed by atoms with Gasteiger partial charge in [0.2, 0.25) is 5.91 Å². The Hall–Kier alpha value is -1.36. The Balaban J connectivity index is 2.40. The van der Waals surface area contributed by atoms with Crippen LogP contribution in [0.3, 0.4) is 0 Å². The average molecular weight is 227 g/mol. The molecule has 5 heteroatoms. The first-order valence-corrected chi connectivity index (χ1v) is 5.44. The third kappa shape index (κ3) is 4.02.